The lowest BCUT2D eigenvalue weighted by Gasteiger charge is -2.39. The summed E-state index contributed by atoms with van der Waals surface area (Å²) in [6.45, 7) is 6.18. The van der Waals surface area contributed by atoms with E-state index in [0.29, 0.717) is 5.92 Å². The predicted molar refractivity (Wildman–Crippen MR) is 84.1 cm³/mol. The molecule has 2 aromatic rings. The normalized spacial score (nSPS) is 19.4. The second-order valence-corrected chi connectivity index (χ2v) is 6.83. The summed E-state index contributed by atoms with van der Waals surface area (Å²) in [4.78, 5) is 7.02. The number of halogens is 1. The van der Waals surface area contributed by atoms with Crippen molar-refractivity contribution in [2.24, 2.45) is 5.92 Å². The van der Waals surface area contributed by atoms with Crippen LogP contribution >= 0.6 is 0 Å². The van der Waals surface area contributed by atoms with Gasteiger partial charge >= 0.3 is 0 Å². The standard InChI is InChI=1S/C18H22FN3/c1-13-8-20-18(22(13)10-14-5-6-14)16-11-21(12-16)9-15-3-2-4-17(19)7-15/h2-4,7-8,14,16H,5-6,9-12H2,1H3. The zero-order valence-electron chi connectivity index (χ0n) is 13.0. The molecule has 0 radical (unpaired) electrons. The molecule has 22 heavy (non-hydrogen) atoms. The monoisotopic (exact) mass is 299 g/mol. The summed E-state index contributed by atoms with van der Waals surface area (Å²) < 4.78 is 15.7. The highest BCUT2D eigenvalue weighted by atomic mass is 19.1. The molecule has 2 fully saturated rings. The Bertz CT molecular complexity index is 669. The number of imidazole rings is 1. The third-order valence-electron chi connectivity index (χ3n) is 4.84. The fourth-order valence-electron chi connectivity index (χ4n) is 3.36. The second kappa shape index (κ2) is 5.51. The summed E-state index contributed by atoms with van der Waals surface area (Å²) in [5.74, 6) is 2.50. The molecule has 2 aliphatic rings. The zero-order chi connectivity index (χ0) is 15.1. The van der Waals surface area contributed by atoms with Crippen molar-refractivity contribution in [3.63, 3.8) is 0 Å². The smallest absolute Gasteiger partial charge is 0.123 e. The van der Waals surface area contributed by atoms with Crippen LogP contribution in [0, 0.1) is 18.7 Å². The number of nitrogens with zero attached hydrogens (tertiary/aromatic N) is 3. The van der Waals surface area contributed by atoms with Crippen LogP contribution in [0.3, 0.4) is 0 Å². The molecule has 1 aromatic heterocycles. The average molecular weight is 299 g/mol. The number of benzene rings is 1. The fourth-order valence-corrected chi connectivity index (χ4v) is 3.36. The van der Waals surface area contributed by atoms with Gasteiger partial charge < -0.3 is 4.57 Å². The first-order valence-electron chi connectivity index (χ1n) is 8.18. The Kier molecular flexibility index (Phi) is 3.49. The number of hydrogen-bond donors (Lipinski definition) is 0. The van der Waals surface area contributed by atoms with Crippen LogP contribution in [-0.2, 0) is 13.1 Å². The van der Waals surface area contributed by atoms with Gasteiger partial charge in [0.15, 0.2) is 0 Å². The van der Waals surface area contributed by atoms with Crippen molar-refractivity contribution in [3.8, 4) is 0 Å². The van der Waals surface area contributed by atoms with Crippen molar-refractivity contribution in [2.75, 3.05) is 13.1 Å². The van der Waals surface area contributed by atoms with Gasteiger partial charge in [0.25, 0.3) is 0 Å². The van der Waals surface area contributed by atoms with Crippen molar-refractivity contribution in [1.82, 2.24) is 14.5 Å². The van der Waals surface area contributed by atoms with Gasteiger partial charge in [-0.15, -0.1) is 0 Å². The van der Waals surface area contributed by atoms with Crippen LogP contribution < -0.4 is 0 Å². The Morgan fingerprint density at radius 2 is 2.09 bits per heavy atom. The highest BCUT2D eigenvalue weighted by molar-refractivity contribution is 5.18. The Morgan fingerprint density at radius 3 is 2.82 bits per heavy atom. The molecule has 2 heterocycles. The van der Waals surface area contributed by atoms with E-state index in [1.54, 1.807) is 12.1 Å². The van der Waals surface area contributed by atoms with Crippen molar-refractivity contribution < 1.29 is 4.39 Å². The van der Waals surface area contributed by atoms with Gasteiger partial charge in [-0.3, -0.25) is 4.90 Å². The number of aromatic nitrogens is 2. The van der Waals surface area contributed by atoms with E-state index in [-0.39, 0.29) is 5.82 Å². The van der Waals surface area contributed by atoms with E-state index in [4.69, 9.17) is 0 Å². The Labute approximate surface area is 130 Å². The van der Waals surface area contributed by atoms with Gasteiger partial charge in [0, 0.05) is 44.0 Å². The third-order valence-corrected chi connectivity index (χ3v) is 4.84. The van der Waals surface area contributed by atoms with E-state index in [0.717, 1.165) is 37.7 Å². The van der Waals surface area contributed by atoms with Crippen LogP contribution in [0.2, 0.25) is 0 Å². The molecule has 1 saturated heterocycles. The summed E-state index contributed by atoms with van der Waals surface area (Å²) in [6, 6.07) is 6.91. The molecule has 0 unspecified atom stereocenters. The first kappa shape index (κ1) is 13.9. The quantitative estimate of drug-likeness (QED) is 0.844. The zero-order valence-corrected chi connectivity index (χ0v) is 13.0. The van der Waals surface area contributed by atoms with E-state index < -0.39 is 0 Å². The van der Waals surface area contributed by atoms with E-state index in [1.165, 1.54) is 30.4 Å². The van der Waals surface area contributed by atoms with E-state index in [9.17, 15) is 4.39 Å². The highest BCUT2D eigenvalue weighted by Crippen LogP contribution is 2.34. The summed E-state index contributed by atoms with van der Waals surface area (Å²) >= 11 is 0. The lowest BCUT2D eigenvalue weighted by Crippen LogP contribution is -2.45. The molecule has 4 rings (SSSR count). The molecule has 1 aliphatic heterocycles. The van der Waals surface area contributed by atoms with Crippen LogP contribution in [0.25, 0.3) is 0 Å². The maximum atomic E-state index is 13.2. The van der Waals surface area contributed by atoms with Gasteiger partial charge in [-0.05, 0) is 43.4 Å². The molecule has 3 nitrogen and oxygen atoms in total. The maximum absolute atomic E-state index is 13.2. The first-order chi connectivity index (χ1) is 10.7. The molecule has 0 amide bonds. The van der Waals surface area contributed by atoms with Crippen LogP contribution in [0.15, 0.2) is 30.5 Å². The summed E-state index contributed by atoms with van der Waals surface area (Å²) in [5.41, 5.74) is 2.33. The highest BCUT2D eigenvalue weighted by Gasteiger charge is 2.33. The van der Waals surface area contributed by atoms with Crippen LogP contribution in [0.5, 0.6) is 0 Å². The van der Waals surface area contributed by atoms with E-state index in [1.807, 2.05) is 12.3 Å². The molecular weight excluding hydrogens is 277 g/mol. The number of hydrogen-bond acceptors (Lipinski definition) is 2. The van der Waals surface area contributed by atoms with Crippen molar-refractivity contribution in [2.45, 2.75) is 38.8 Å². The van der Waals surface area contributed by atoms with Gasteiger partial charge in [0.05, 0.1) is 0 Å². The first-order valence-corrected chi connectivity index (χ1v) is 8.18. The average Bonchev–Trinajstić information content (AvgIpc) is 3.20. The summed E-state index contributed by atoms with van der Waals surface area (Å²) in [5, 5.41) is 0. The van der Waals surface area contributed by atoms with Gasteiger partial charge in [0.1, 0.15) is 11.6 Å². The summed E-state index contributed by atoms with van der Waals surface area (Å²) in [7, 11) is 0. The van der Waals surface area contributed by atoms with Crippen LogP contribution in [-0.4, -0.2) is 27.5 Å². The number of likely N-dealkylation sites (tertiary alicyclic amines) is 1. The summed E-state index contributed by atoms with van der Waals surface area (Å²) in [6.07, 6.45) is 4.74. The second-order valence-electron chi connectivity index (χ2n) is 6.83. The van der Waals surface area contributed by atoms with Crippen LogP contribution in [0.4, 0.5) is 4.39 Å². The number of aryl methyl sites for hydroxylation is 1. The number of rotatable bonds is 5. The fraction of sp³-hybridized carbons (Fsp3) is 0.500. The van der Waals surface area contributed by atoms with Gasteiger partial charge in [-0.1, -0.05) is 12.1 Å². The van der Waals surface area contributed by atoms with E-state index in [2.05, 4.69) is 21.4 Å². The SMILES string of the molecule is Cc1cnc(C2CN(Cc3cccc(F)c3)C2)n1CC1CC1. The molecule has 1 saturated carbocycles. The molecule has 4 heteroatoms. The Morgan fingerprint density at radius 1 is 1.27 bits per heavy atom. The third kappa shape index (κ3) is 2.80. The topological polar surface area (TPSA) is 21.1 Å². The lowest BCUT2D eigenvalue weighted by molar-refractivity contribution is 0.132. The molecule has 0 spiro atoms. The van der Waals surface area contributed by atoms with Crippen molar-refractivity contribution in [3.05, 3.63) is 53.4 Å². The van der Waals surface area contributed by atoms with E-state index >= 15 is 0 Å². The lowest BCUT2D eigenvalue weighted by atomic mass is 9.98. The maximum Gasteiger partial charge on any atom is 0.123 e. The predicted octanol–water partition coefficient (Wildman–Crippen LogP) is 3.34. The molecule has 116 valence electrons. The largest absolute Gasteiger partial charge is 0.332 e. The Hall–Kier alpha value is -1.68. The molecule has 0 atom stereocenters. The minimum Gasteiger partial charge on any atom is -0.332 e. The molecule has 1 aliphatic carbocycles. The van der Waals surface area contributed by atoms with Crippen molar-refractivity contribution in [1.29, 1.82) is 0 Å². The van der Waals surface area contributed by atoms with Gasteiger partial charge in [-0.25, -0.2) is 9.37 Å². The molecule has 0 N–H and O–H groups in total. The molecule has 0 bridgehead atoms. The van der Waals surface area contributed by atoms with Gasteiger partial charge in [-0.2, -0.15) is 0 Å². The minimum absolute atomic E-state index is 0.148. The van der Waals surface area contributed by atoms with Gasteiger partial charge in [0.2, 0.25) is 0 Å². The Balaban J connectivity index is 1.39. The van der Waals surface area contributed by atoms with Crippen molar-refractivity contribution >= 4 is 0 Å². The van der Waals surface area contributed by atoms with Crippen LogP contribution in [0.1, 0.15) is 35.8 Å². The minimum atomic E-state index is -0.148. The molecule has 1 aromatic carbocycles. The molecular formula is C18H22FN3.